The van der Waals surface area contributed by atoms with Gasteiger partial charge in [0.15, 0.2) is 6.61 Å². The number of hydrogen-bond donors (Lipinski definition) is 1. The van der Waals surface area contributed by atoms with Crippen LogP contribution >= 0.6 is 23.2 Å². The largest absolute Gasteiger partial charge is 0.454 e. The van der Waals surface area contributed by atoms with Gasteiger partial charge in [0, 0.05) is 11.6 Å². The Morgan fingerprint density at radius 1 is 1.38 bits per heavy atom. The number of nitrogens with one attached hydrogen (secondary N) is 1. The Hall–Kier alpha value is -1.35. The summed E-state index contributed by atoms with van der Waals surface area (Å²) in [5.41, 5.74) is 0.295. The molecule has 1 atom stereocenters. The van der Waals surface area contributed by atoms with E-state index >= 15 is 0 Å². The first-order valence-electron chi connectivity index (χ1n) is 7.07. The molecule has 10 heteroatoms. The van der Waals surface area contributed by atoms with E-state index in [1.54, 1.807) is 6.07 Å². The van der Waals surface area contributed by atoms with Gasteiger partial charge >= 0.3 is 5.97 Å². The van der Waals surface area contributed by atoms with Gasteiger partial charge in [-0.2, -0.15) is 4.31 Å². The molecule has 1 saturated heterocycles. The maximum absolute atomic E-state index is 12.0. The highest BCUT2D eigenvalue weighted by Crippen LogP contribution is 2.25. The summed E-state index contributed by atoms with van der Waals surface area (Å²) in [5, 5.41) is 3.15. The Kier molecular flexibility index (Phi) is 6.08. The number of hydrogen-bond acceptors (Lipinski definition) is 5. The van der Waals surface area contributed by atoms with Crippen LogP contribution in [-0.4, -0.2) is 50.0 Å². The molecule has 0 unspecified atom stereocenters. The minimum Gasteiger partial charge on any atom is -0.454 e. The van der Waals surface area contributed by atoms with E-state index in [1.165, 1.54) is 12.1 Å². The molecule has 7 nitrogen and oxygen atoms in total. The average molecular weight is 395 g/mol. The number of halogens is 2. The fourth-order valence-electron chi connectivity index (χ4n) is 2.39. The highest BCUT2D eigenvalue weighted by molar-refractivity contribution is 7.88. The van der Waals surface area contributed by atoms with Crippen LogP contribution in [0.3, 0.4) is 0 Å². The summed E-state index contributed by atoms with van der Waals surface area (Å²) in [5.74, 6) is -1.35. The maximum atomic E-state index is 12.0. The second-order valence-corrected chi connectivity index (χ2v) is 8.09. The molecular weight excluding hydrogens is 379 g/mol. The summed E-state index contributed by atoms with van der Waals surface area (Å²) in [6, 6.07) is 3.67. The molecule has 0 bridgehead atoms. The Morgan fingerprint density at radius 2 is 2.08 bits per heavy atom. The van der Waals surface area contributed by atoms with Crippen molar-refractivity contribution < 1.29 is 22.7 Å². The van der Waals surface area contributed by atoms with Crippen LogP contribution < -0.4 is 5.32 Å². The fourth-order valence-corrected chi connectivity index (χ4v) is 3.84. The average Bonchev–Trinajstić information content (AvgIpc) is 2.98. The maximum Gasteiger partial charge on any atom is 0.324 e. The number of benzene rings is 1. The van der Waals surface area contributed by atoms with Gasteiger partial charge < -0.3 is 10.1 Å². The van der Waals surface area contributed by atoms with Crippen LogP contribution in [0.15, 0.2) is 18.2 Å². The lowest BCUT2D eigenvalue weighted by Gasteiger charge is -2.20. The number of ether oxygens (including phenoxy) is 1. The second kappa shape index (κ2) is 7.69. The monoisotopic (exact) mass is 394 g/mol. The predicted octanol–water partition coefficient (Wildman–Crippen LogP) is 1.90. The van der Waals surface area contributed by atoms with E-state index in [4.69, 9.17) is 27.9 Å². The number of amides is 1. The third-order valence-electron chi connectivity index (χ3n) is 3.45. The van der Waals surface area contributed by atoms with Crippen LogP contribution in [0.25, 0.3) is 0 Å². The number of sulfonamides is 1. The van der Waals surface area contributed by atoms with Crippen LogP contribution in [0.4, 0.5) is 5.69 Å². The molecule has 0 aliphatic carbocycles. The van der Waals surface area contributed by atoms with Crippen LogP contribution in [-0.2, 0) is 24.3 Å². The zero-order valence-corrected chi connectivity index (χ0v) is 15.1. The molecule has 132 valence electrons. The highest BCUT2D eigenvalue weighted by Gasteiger charge is 2.37. The highest BCUT2D eigenvalue weighted by atomic mass is 35.5. The van der Waals surface area contributed by atoms with Gasteiger partial charge in [-0.15, -0.1) is 0 Å². The lowest BCUT2D eigenvalue weighted by Crippen LogP contribution is -2.41. The smallest absolute Gasteiger partial charge is 0.324 e. The summed E-state index contributed by atoms with van der Waals surface area (Å²) < 4.78 is 29.2. The lowest BCUT2D eigenvalue weighted by atomic mass is 10.2. The van der Waals surface area contributed by atoms with Gasteiger partial charge in [0.1, 0.15) is 6.04 Å². The third kappa shape index (κ3) is 4.83. The molecule has 1 aliphatic heterocycles. The van der Waals surface area contributed by atoms with Gasteiger partial charge in [-0.25, -0.2) is 8.42 Å². The van der Waals surface area contributed by atoms with Crippen molar-refractivity contribution in [2.45, 2.75) is 18.9 Å². The zero-order valence-electron chi connectivity index (χ0n) is 12.8. The number of rotatable bonds is 5. The molecule has 1 aliphatic rings. The minimum absolute atomic E-state index is 0.267. The van der Waals surface area contributed by atoms with E-state index in [0.29, 0.717) is 23.6 Å². The minimum atomic E-state index is -3.49. The van der Waals surface area contributed by atoms with Crippen molar-refractivity contribution in [3.63, 3.8) is 0 Å². The molecule has 0 saturated carbocycles. The number of esters is 1. The van der Waals surface area contributed by atoms with Gasteiger partial charge in [0.25, 0.3) is 5.91 Å². The summed E-state index contributed by atoms with van der Waals surface area (Å²) in [6.07, 6.45) is 1.97. The van der Waals surface area contributed by atoms with Crippen molar-refractivity contribution in [3.8, 4) is 0 Å². The molecule has 24 heavy (non-hydrogen) atoms. The van der Waals surface area contributed by atoms with Crippen molar-refractivity contribution >= 4 is 50.8 Å². The van der Waals surface area contributed by atoms with Crippen molar-refractivity contribution in [2.24, 2.45) is 0 Å². The summed E-state index contributed by atoms with van der Waals surface area (Å²) in [6.45, 7) is -0.279. The van der Waals surface area contributed by atoms with Crippen LogP contribution in [0.2, 0.25) is 10.0 Å². The zero-order chi connectivity index (χ0) is 17.9. The molecule has 1 N–H and O–H groups in total. The topological polar surface area (TPSA) is 92.8 Å². The van der Waals surface area contributed by atoms with Gasteiger partial charge in [-0.05, 0) is 31.0 Å². The fraction of sp³-hybridized carbons (Fsp3) is 0.429. The molecule has 2 rings (SSSR count). The standard InChI is InChI=1S/C14H16Cl2N2O5S/c1-24(21,22)18-6-2-3-12(18)14(20)23-8-13(19)17-11-7-9(15)4-5-10(11)16/h4-5,7,12H,2-3,6,8H2,1H3,(H,17,19)/t12-/m0/s1. The van der Waals surface area contributed by atoms with Gasteiger partial charge in [-0.3, -0.25) is 9.59 Å². The van der Waals surface area contributed by atoms with E-state index in [2.05, 4.69) is 5.32 Å². The molecule has 0 radical (unpaired) electrons. The van der Waals surface area contributed by atoms with Crippen LogP contribution in [0, 0.1) is 0 Å². The first kappa shape index (κ1) is 19.0. The second-order valence-electron chi connectivity index (χ2n) is 5.31. The molecule has 1 amide bonds. The summed E-state index contributed by atoms with van der Waals surface area (Å²) >= 11 is 11.7. The van der Waals surface area contributed by atoms with Crippen molar-refractivity contribution in [3.05, 3.63) is 28.2 Å². The first-order valence-corrected chi connectivity index (χ1v) is 9.67. The van der Waals surface area contributed by atoms with Crippen molar-refractivity contribution in [1.29, 1.82) is 0 Å². The van der Waals surface area contributed by atoms with E-state index in [0.717, 1.165) is 10.6 Å². The molecule has 0 aromatic heterocycles. The molecule has 1 fully saturated rings. The predicted molar refractivity (Wildman–Crippen MR) is 90.6 cm³/mol. The third-order valence-corrected chi connectivity index (χ3v) is 5.30. The first-order chi connectivity index (χ1) is 11.2. The van der Waals surface area contributed by atoms with Gasteiger partial charge in [-0.1, -0.05) is 23.2 Å². The van der Waals surface area contributed by atoms with Gasteiger partial charge in [0.2, 0.25) is 10.0 Å². The van der Waals surface area contributed by atoms with E-state index in [9.17, 15) is 18.0 Å². The Bertz CT molecular complexity index is 754. The lowest BCUT2D eigenvalue weighted by molar-refractivity contribution is -0.150. The normalized spacial score (nSPS) is 18.4. The summed E-state index contributed by atoms with van der Waals surface area (Å²) in [4.78, 5) is 23.9. The van der Waals surface area contributed by atoms with Gasteiger partial charge in [0.05, 0.1) is 17.0 Å². The number of carbonyl (C=O) groups is 2. The SMILES string of the molecule is CS(=O)(=O)N1CCC[C@H]1C(=O)OCC(=O)Nc1cc(Cl)ccc1Cl. The van der Waals surface area contributed by atoms with E-state index in [1.807, 2.05) is 0 Å². The Balaban J connectivity index is 1.92. The number of nitrogens with zero attached hydrogens (tertiary/aromatic N) is 1. The van der Waals surface area contributed by atoms with Crippen LogP contribution in [0.5, 0.6) is 0 Å². The molecular formula is C14H16Cl2N2O5S. The molecule has 1 aromatic rings. The van der Waals surface area contributed by atoms with Crippen molar-refractivity contribution in [2.75, 3.05) is 24.7 Å². The number of carbonyl (C=O) groups excluding carboxylic acids is 2. The molecule has 1 aromatic carbocycles. The van der Waals surface area contributed by atoms with Crippen molar-refractivity contribution in [1.82, 2.24) is 4.31 Å². The quantitative estimate of drug-likeness (QED) is 0.769. The van der Waals surface area contributed by atoms with E-state index < -0.39 is 34.5 Å². The Labute approximate surface area is 149 Å². The summed E-state index contributed by atoms with van der Waals surface area (Å²) in [7, 11) is -3.49. The van der Waals surface area contributed by atoms with Crippen LogP contribution in [0.1, 0.15) is 12.8 Å². The molecule has 0 spiro atoms. The van der Waals surface area contributed by atoms with E-state index in [-0.39, 0.29) is 11.6 Å². The molecule has 1 heterocycles. The number of anilines is 1. The Morgan fingerprint density at radius 3 is 2.75 bits per heavy atom.